The summed E-state index contributed by atoms with van der Waals surface area (Å²) in [5.41, 5.74) is 11.7. The number of hydrogen-bond donors (Lipinski definition) is 7. The zero-order chi connectivity index (χ0) is 72.3. The van der Waals surface area contributed by atoms with Crippen molar-refractivity contribution < 1.29 is 58.6 Å². The van der Waals surface area contributed by atoms with E-state index in [1.807, 2.05) is 96.9 Å². The number of benzene rings is 9. The molecule has 532 valence electrons. The van der Waals surface area contributed by atoms with Crippen LogP contribution in [-0.2, 0) is 66.3 Å². The summed E-state index contributed by atoms with van der Waals surface area (Å²) < 4.78 is 38.5. The molecule has 0 spiro atoms. The number of ether oxygens (including phenoxy) is 4. The normalized spacial score (nSPS) is 26.7. The van der Waals surface area contributed by atoms with Gasteiger partial charge in [0, 0.05) is 115 Å². The predicted molar refractivity (Wildman–Crippen MR) is 407 cm³/mol. The van der Waals surface area contributed by atoms with E-state index in [1.54, 1.807) is 6.92 Å². The number of carbonyl (C=O) groups is 4. The molecule has 6 bridgehead atoms. The van der Waals surface area contributed by atoms with Crippen molar-refractivity contribution in [1.82, 2.24) is 43.4 Å². The largest absolute Gasteiger partial charge is 0.467 e. The molecule has 6 aromatic heterocycles. The van der Waals surface area contributed by atoms with Crippen LogP contribution in [0.4, 0.5) is 0 Å². The highest BCUT2D eigenvalue weighted by Gasteiger charge is 2.67. The van der Waals surface area contributed by atoms with Crippen LogP contribution in [0, 0.1) is 12.3 Å². The molecule has 106 heavy (non-hydrogen) atoms. The van der Waals surface area contributed by atoms with Gasteiger partial charge in [-0.15, -0.1) is 0 Å². The van der Waals surface area contributed by atoms with Gasteiger partial charge in [-0.25, -0.2) is 4.79 Å². The molecule has 9 atom stereocenters. The minimum atomic E-state index is -1.94. The first-order chi connectivity index (χ1) is 51.2. The fourth-order valence-corrected chi connectivity index (χ4v) is 21.7. The third-order valence-electron chi connectivity index (χ3n) is 26.2. The highest BCUT2D eigenvalue weighted by molar-refractivity contribution is 7.98. The van der Waals surface area contributed by atoms with Gasteiger partial charge < -0.3 is 82.7 Å². The van der Waals surface area contributed by atoms with E-state index < -0.39 is 58.8 Å². The quantitative estimate of drug-likeness (QED) is 0.0766. The molecule has 3 amide bonds. The second-order valence-corrected chi connectivity index (χ2v) is 32.5. The maximum Gasteiger partial charge on any atom is 0.343 e. The van der Waals surface area contributed by atoms with Crippen molar-refractivity contribution in [1.29, 1.82) is 0 Å². The van der Waals surface area contributed by atoms with Crippen molar-refractivity contribution in [3.05, 3.63) is 178 Å². The molecule has 9 aliphatic heterocycles. The first-order valence-electron chi connectivity index (χ1n) is 36.5. The van der Waals surface area contributed by atoms with E-state index in [-0.39, 0.29) is 43.4 Å². The van der Waals surface area contributed by atoms with Crippen molar-refractivity contribution in [3.8, 4) is 0 Å². The van der Waals surface area contributed by atoms with Gasteiger partial charge in [0.15, 0.2) is 17.2 Å². The maximum atomic E-state index is 13.5. The van der Waals surface area contributed by atoms with Crippen molar-refractivity contribution >= 4 is 166 Å². The van der Waals surface area contributed by atoms with Gasteiger partial charge in [0.1, 0.15) is 24.3 Å². The van der Waals surface area contributed by atoms with Crippen LogP contribution < -0.4 is 16.0 Å². The van der Waals surface area contributed by atoms with Crippen LogP contribution in [0.5, 0.6) is 0 Å². The molecule has 9 aliphatic rings. The maximum absolute atomic E-state index is 13.5. The van der Waals surface area contributed by atoms with Crippen LogP contribution in [0.15, 0.2) is 133 Å². The molecule has 0 saturated carbocycles. The highest BCUT2D eigenvalue weighted by atomic mass is 32.2. The van der Waals surface area contributed by atoms with Gasteiger partial charge in [0.05, 0.1) is 103 Å². The number of aliphatic hydroxyl groups is 4. The third-order valence-corrected chi connectivity index (χ3v) is 27.1. The van der Waals surface area contributed by atoms with E-state index in [9.17, 15) is 39.6 Å². The van der Waals surface area contributed by atoms with Crippen molar-refractivity contribution in [2.75, 3.05) is 26.1 Å². The number of thioether (sulfide) groups is 1. The number of carbonyl (C=O) groups excluding carboxylic acids is 4. The number of fused-ring (bicyclic) bond motifs is 39. The summed E-state index contributed by atoms with van der Waals surface area (Å²) in [6.45, 7) is 13.1. The molecule has 15 heterocycles. The highest BCUT2D eigenvalue weighted by Crippen LogP contribution is 2.63. The second-order valence-electron chi connectivity index (χ2n) is 31.2. The lowest BCUT2D eigenvalue weighted by Gasteiger charge is -2.40. The van der Waals surface area contributed by atoms with E-state index in [0.717, 1.165) is 176 Å². The average molecular weight is 1430 g/mol. The van der Waals surface area contributed by atoms with E-state index in [2.05, 4.69) is 126 Å². The zero-order valence-corrected chi connectivity index (χ0v) is 60.0. The molecule has 0 aliphatic carbocycles. The molecule has 9 aromatic carbocycles. The van der Waals surface area contributed by atoms with Gasteiger partial charge in [-0.05, 0) is 104 Å². The van der Waals surface area contributed by atoms with Gasteiger partial charge in [0.25, 0.3) is 17.7 Å². The van der Waals surface area contributed by atoms with E-state index in [1.165, 1.54) is 12.7 Å². The lowest BCUT2D eigenvalue weighted by atomic mass is 9.78. The molecule has 7 N–H and O–H groups in total. The van der Waals surface area contributed by atoms with Crippen LogP contribution in [0.2, 0.25) is 0 Å². The Morgan fingerprint density at radius 3 is 1.41 bits per heavy atom. The summed E-state index contributed by atoms with van der Waals surface area (Å²) in [7, 11) is 1.30. The van der Waals surface area contributed by atoms with Gasteiger partial charge in [-0.2, -0.15) is 11.8 Å². The van der Waals surface area contributed by atoms with Crippen molar-refractivity contribution in [2.45, 2.75) is 133 Å². The Hall–Kier alpha value is -10.3. The summed E-state index contributed by atoms with van der Waals surface area (Å²) in [5, 5.41) is 66.2. The van der Waals surface area contributed by atoms with Crippen LogP contribution >= 0.6 is 11.8 Å². The Morgan fingerprint density at radius 1 is 0.491 bits per heavy atom. The molecular formula is C84H73N9O12S. The SMILES string of the molecule is CC1(CO)CC2OC1(C)n1c3ccccc3c3c4c(c5c6ccccc6n2c5c31)C(=O)NC4.CC12OC(CC1(O)CO)n1c3ccccc3c3c4c(c5c6ccccc6n2c5c31)CNC4=O.CCSCc1ccc2c(c1)c1c3c(c4c5cc(C)ccc5n5c4c1n2C1(C)OC5CC1(O)C(=O)OC)C(=O)NC3. The number of aliphatic hydroxyl groups excluding tert-OH is 2. The molecule has 24 rings (SSSR count). The number of amides is 3. The minimum absolute atomic E-state index is 0.00614. The monoisotopic (exact) mass is 1430 g/mol. The first kappa shape index (κ1) is 63.0. The molecular weight excluding hydrogens is 1360 g/mol. The Kier molecular flexibility index (Phi) is 12.3. The number of aryl methyl sites for hydroxylation is 1. The number of methoxy groups -OCH3 is 1. The molecule has 0 radical (unpaired) electrons. The minimum Gasteiger partial charge on any atom is -0.467 e. The van der Waals surface area contributed by atoms with Crippen LogP contribution in [0.1, 0.15) is 131 Å². The summed E-state index contributed by atoms with van der Waals surface area (Å²) >= 11 is 1.85. The number of para-hydroxylation sites is 4. The fraction of sp³-hybridized carbons (Fsp3) is 0.310. The predicted octanol–water partition coefficient (Wildman–Crippen LogP) is 13.4. The van der Waals surface area contributed by atoms with E-state index in [4.69, 9.17) is 18.9 Å². The number of aromatic nitrogens is 6. The van der Waals surface area contributed by atoms with Crippen LogP contribution in [0.25, 0.3) is 131 Å². The summed E-state index contributed by atoms with van der Waals surface area (Å²) in [6, 6.07) is 45.4. The number of nitrogens with zero attached hydrogens (tertiary/aromatic N) is 6. The lowest BCUT2D eigenvalue weighted by Crippen LogP contribution is -2.56. The Labute approximate surface area is 607 Å². The Balaban J connectivity index is 0.0000000998. The Morgan fingerprint density at radius 2 is 0.896 bits per heavy atom. The number of rotatable bonds is 6. The molecule has 21 nitrogen and oxygen atoms in total. The summed E-state index contributed by atoms with van der Waals surface area (Å²) in [4.78, 5) is 53.2. The van der Waals surface area contributed by atoms with Crippen molar-refractivity contribution in [3.63, 3.8) is 0 Å². The standard InChI is InChI=1S/C31H29N3O5S.C27H23N3O3.C26H21N3O4/c1-5-40-14-16-7-9-21-18(11-16)23-19-13-32-28(35)25(19)24-17-10-15(2)6-8-20(17)33-22-12-31(37,29(36)38-4)30(3,39-22)34(21)27(23)26(24)33;1-26(13-31)11-19-29-17-9-5-3-7-14(17)21-22-16(12-28-25(22)32)20-15-8-4-6-10-18(15)30(24(20)23(21)29)27(26,2)33-19;1-25-26(32,12-30)10-18(33-25)28-16-8-4-2-6-13(16)20-21-15(11-27-24(21)31)19-14-7-3-5-9-17(14)29(25)23(19)22(20)28/h6-11,22,37H,5,12-14H2,1-4H3,(H,32,35);3-10,19,31H,11-13H2,1-2H3,(H,28,32);2-9,18,30,32H,10-12H2,1H3,(H,27,31). The van der Waals surface area contributed by atoms with E-state index in [0.29, 0.717) is 31.6 Å². The molecule has 15 aromatic rings. The zero-order valence-electron chi connectivity index (χ0n) is 59.2. The fourth-order valence-electron chi connectivity index (χ4n) is 21.1. The third kappa shape index (κ3) is 7.15. The molecule has 3 fully saturated rings. The topological polar surface area (TPSA) is 252 Å². The van der Waals surface area contributed by atoms with Gasteiger partial charge in [0.2, 0.25) is 5.60 Å². The van der Waals surface area contributed by atoms with Crippen LogP contribution in [-0.4, -0.2) is 109 Å². The van der Waals surface area contributed by atoms with Gasteiger partial charge >= 0.3 is 5.97 Å². The van der Waals surface area contributed by atoms with Crippen LogP contribution in [0.3, 0.4) is 0 Å². The average Bonchev–Trinajstić information content (AvgIpc) is 1.51. The van der Waals surface area contributed by atoms with E-state index >= 15 is 0 Å². The summed E-state index contributed by atoms with van der Waals surface area (Å²) in [6.07, 6.45) is -0.442. The number of esters is 1. The number of hydrogen-bond acceptors (Lipinski definition) is 13. The molecule has 9 unspecified atom stereocenters. The molecule has 3 saturated heterocycles. The smallest absolute Gasteiger partial charge is 0.343 e. The molecule has 22 heteroatoms. The van der Waals surface area contributed by atoms with Gasteiger partial charge in [-0.1, -0.05) is 104 Å². The Bertz CT molecular complexity index is 6460. The lowest BCUT2D eigenvalue weighted by molar-refractivity contribution is -0.202. The van der Waals surface area contributed by atoms with Crippen molar-refractivity contribution in [2.24, 2.45) is 5.41 Å². The first-order valence-corrected chi connectivity index (χ1v) is 37.6. The second kappa shape index (κ2) is 20.7. The van der Waals surface area contributed by atoms with Gasteiger partial charge in [-0.3, -0.25) is 14.4 Å². The number of nitrogens with one attached hydrogen (secondary N) is 3. The summed E-state index contributed by atoms with van der Waals surface area (Å²) in [5.74, 6) is 1.00.